The monoisotopic (exact) mass is 323 g/mol. The Morgan fingerprint density at radius 3 is 2.65 bits per heavy atom. The first-order chi connectivity index (χ1) is 11.0. The van der Waals surface area contributed by atoms with E-state index in [0.29, 0.717) is 18.0 Å². The van der Waals surface area contributed by atoms with E-state index in [1.807, 2.05) is 0 Å². The summed E-state index contributed by atoms with van der Waals surface area (Å²) >= 11 is 0. The van der Waals surface area contributed by atoms with Crippen molar-refractivity contribution in [1.29, 1.82) is 0 Å². The molecular formula is C15H25N5O3. The fourth-order valence-electron chi connectivity index (χ4n) is 2.64. The predicted octanol–water partition coefficient (Wildman–Crippen LogP) is -0.904. The molecule has 8 nitrogen and oxygen atoms in total. The molecular weight excluding hydrogens is 298 g/mol. The van der Waals surface area contributed by atoms with E-state index in [1.54, 1.807) is 0 Å². The summed E-state index contributed by atoms with van der Waals surface area (Å²) in [6.45, 7) is 6.45. The minimum Gasteiger partial charge on any atom is -0.352 e. The number of carbonyl (C=O) groups is 1. The van der Waals surface area contributed by atoms with Gasteiger partial charge in [-0.05, 0) is 20.4 Å². The van der Waals surface area contributed by atoms with Crippen LogP contribution in [0.2, 0.25) is 0 Å². The molecule has 0 aromatic carbocycles. The predicted molar refractivity (Wildman–Crippen MR) is 87.3 cm³/mol. The third-order valence-corrected chi connectivity index (χ3v) is 4.32. The summed E-state index contributed by atoms with van der Waals surface area (Å²) in [6.07, 6.45) is 2.54. The van der Waals surface area contributed by atoms with E-state index in [1.165, 1.54) is 6.20 Å². The second-order valence-corrected chi connectivity index (χ2v) is 6.10. The van der Waals surface area contributed by atoms with Crippen LogP contribution in [0.1, 0.15) is 25.3 Å². The lowest BCUT2D eigenvalue weighted by atomic mass is 10.1. The summed E-state index contributed by atoms with van der Waals surface area (Å²) in [5.74, 6) is -0.0865. The molecule has 8 heteroatoms. The zero-order chi connectivity index (χ0) is 16.8. The number of hydrogen-bond donors (Lipinski definition) is 3. The van der Waals surface area contributed by atoms with E-state index in [9.17, 15) is 14.4 Å². The van der Waals surface area contributed by atoms with Crippen molar-refractivity contribution in [3.63, 3.8) is 0 Å². The van der Waals surface area contributed by atoms with Crippen LogP contribution in [0.4, 0.5) is 0 Å². The first-order valence-corrected chi connectivity index (χ1v) is 7.96. The van der Waals surface area contributed by atoms with Crippen molar-refractivity contribution in [3.05, 3.63) is 32.6 Å². The maximum atomic E-state index is 11.9. The Bertz CT molecular complexity index is 630. The summed E-state index contributed by atoms with van der Waals surface area (Å²) in [7, 11) is 2.12. The number of hydrogen-bond acceptors (Lipinski definition) is 5. The molecule has 128 valence electrons. The fourth-order valence-corrected chi connectivity index (χ4v) is 2.64. The van der Waals surface area contributed by atoms with Crippen molar-refractivity contribution in [1.82, 2.24) is 25.1 Å². The normalized spacial score (nSPS) is 17.8. The standard InChI is InChI=1S/C15H25N5O3/c1-11(20-7-5-19(2)6-8-20)3-4-13(21)16-9-12-10-17-15(23)18-14(12)22/h10-11H,3-9H2,1-2H3,(H,16,21)(H2,17,18,22,23). The van der Waals surface area contributed by atoms with Gasteiger partial charge in [-0.25, -0.2) is 4.79 Å². The number of piperazine rings is 1. The minimum absolute atomic E-state index is 0.0865. The Hall–Kier alpha value is -1.93. The molecule has 0 bridgehead atoms. The molecule has 0 aliphatic carbocycles. The van der Waals surface area contributed by atoms with Crippen LogP contribution in [0, 0.1) is 0 Å². The number of aromatic nitrogens is 2. The highest BCUT2D eigenvalue weighted by Crippen LogP contribution is 2.09. The van der Waals surface area contributed by atoms with Gasteiger partial charge in [-0.3, -0.25) is 19.5 Å². The van der Waals surface area contributed by atoms with Crippen LogP contribution in [0.25, 0.3) is 0 Å². The zero-order valence-electron chi connectivity index (χ0n) is 13.7. The molecule has 1 aromatic heterocycles. The number of nitrogens with one attached hydrogen (secondary N) is 3. The first kappa shape index (κ1) is 17.4. The van der Waals surface area contributed by atoms with Gasteiger partial charge in [0.05, 0.1) is 5.56 Å². The highest BCUT2D eigenvalue weighted by atomic mass is 16.2. The van der Waals surface area contributed by atoms with Crippen LogP contribution in [0.3, 0.4) is 0 Å². The van der Waals surface area contributed by atoms with Crippen LogP contribution in [0.15, 0.2) is 15.8 Å². The molecule has 2 rings (SSSR count). The van der Waals surface area contributed by atoms with Gasteiger partial charge in [-0.15, -0.1) is 0 Å². The van der Waals surface area contributed by atoms with Gasteiger partial charge in [0.2, 0.25) is 5.91 Å². The maximum absolute atomic E-state index is 11.9. The molecule has 1 aliphatic heterocycles. The molecule has 1 fully saturated rings. The Balaban J connectivity index is 1.72. The van der Waals surface area contributed by atoms with E-state index in [2.05, 4.69) is 39.1 Å². The van der Waals surface area contributed by atoms with E-state index in [4.69, 9.17) is 0 Å². The minimum atomic E-state index is -0.550. The molecule has 1 atom stereocenters. The third kappa shape index (κ3) is 5.33. The number of rotatable bonds is 6. The number of carbonyl (C=O) groups excluding carboxylic acids is 1. The lowest BCUT2D eigenvalue weighted by molar-refractivity contribution is -0.121. The lowest BCUT2D eigenvalue weighted by Crippen LogP contribution is -2.48. The van der Waals surface area contributed by atoms with Crippen LogP contribution in [-0.4, -0.2) is 64.9 Å². The van der Waals surface area contributed by atoms with Crippen molar-refractivity contribution < 1.29 is 4.79 Å². The number of likely N-dealkylation sites (N-methyl/N-ethyl adjacent to an activating group) is 1. The third-order valence-electron chi connectivity index (χ3n) is 4.32. The number of amides is 1. The Kier molecular flexibility index (Phi) is 6.12. The van der Waals surface area contributed by atoms with Crippen LogP contribution in [-0.2, 0) is 11.3 Å². The average Bonchev–Trinajstić information content (AvgIpc) is 2.52. The quantitative estimate of drug-likeness (QED) is 0.629. The topological polar surface area (TPSA) is 101 Å². The van der Waals surface area contributed by atoms with Gasteiger partial charge in [0.1, 0.15) is 0 Å². The largest absolute Gasteiger partial charge is 0.352 e. The van der Waals surface area contributed by atoms with Gasteiger partial charge >= 0.3 is 5.69 Å². The summed E-state index contributed by atoms with van der Waals surface area (Å²) < 4.78 is 0. The average molecular weight is 323 g/mol. The lowest BCUT2D eigenvalue weighted by Gasteiger charge is -2.36. The summed E-state index contributed by atoms with van der Waals surface area (Å²) in [5.41, 5.74) is -0.684. The molecule has 1 saturated heterocycles. The van der Waals surface area contributed by atoms with Gasteiger partial charge in [0, 0.05) is 51.4 Å². The fraction of sp³-hybridized carbons (Fsp3) is 0.667. The number of nitrogens with zero attached hydrogens (tertiary/aromatic N) is 2. The molecule has 2 heterocycles. The van der Waals surface area contributed by atoms with Crippen LogP contribution >= 0.6 is 0 Å². The van der Waals surface area contributed by atoms with Crippen molar-refractivity contribution in [2.45, 2.75) is 32.4 Å². The van der Waals surface area contributed by atoms with Crippen molar-refractivity contribution in [2.24, 2.45) is 0 Å². The van der Waals surface area contributed by atoms with Gasteiger partial charge in [0.15, 0.2) is 0 Å². The van der Waals surface area contributed by atoms with Gasteiger partial charge in [-0.2, -0.15) is 0 Å². The highest BCUT2D eigenvalue weighted by molar-refractivity contribution is 5.75. The SMILES string of the molecule is CC(CCC(=O)NCc1c[nH]c(=O)[nH]c1=O)N1CCN(C)CC1. The van der Waals surface area contributed by atoms with Gasteiger partial charge in [-0.1, -0.05) is 0 Å². The first-order valence-electron chi connectivity index (χ1n) is 7.96. The van der Waals surface area contributed by atoms with Crippen molar-refractivity contribution >= 4 is 5.91 Å². The van der Waals surface area contributed by atoms with Crippen LogP contribution in [0.5, 0.6) is 0 Å². The molecule has 3 N–H and O–H groups in total. The Morgan fingerprint density at radius 2 is 2.00 bits per heavy atom. The zero-order valence-corrected chi connectivity index (χ0v) is 13.7. The smallest absolute Gasteiger partial charge is 0.325 e. The Labute approximate surface area is 134 Å². The van der Waals surface area contributed by atoms with E-state index >= 15 is 0 Å². The molecule has 0 radical (unpaired) electrons. The van der Waals surface area contributed by atoms with E-state index in [-0.39, 0.29) is 12.5 Å². The molecule has 0 spiro atoms. The molecule has 1 aromatic rings. The molecule has 1 unspecified atom stereocenters. The molecule has 1 amide bonds. The summed E-state index contributed by atoms with van der Waals surface area (Å²) in [6, 6.07) is 0.367. The van der Waals surface area contributed by atoms with Gasteiger partial charge in [0.25, 0.3) is 5.56 Å². The van der Waals surface area contributed by atoms with Crippen molar-refractivity contribution in [2.75, 3.05) is 33.2 Å². The van der Waals surface area contributed by atoms with E-state index < -0.39 is 11.2 Å². The summed E-state index contributed by atoms with van der Waals surface area (Å²) in [5, 5.41) is 2.72. The van der Waals surface area contributed by atoms with Crippen molar-refractivity contribution in [3.8, 4) is 0 Å². The Morgan fingerprint density at radius 1 is 1.30 bits per heavy atom. The maximum Gasteiger partial charge on any atom is 0.325 e. The van der Waals surface area contributed by atoms with E-state index in [0.717, 1.165) is 32.6 Å². The molecule has 0 saturated carbocycles. The van der Waals surface area contributed by atoms with Gasteiger partial charge < -0.3 is 15.2 Å². The summed E-state index contributed by atoms with van der Waals surface area (Å²) in [4.78, 5) is 43.6. The molecule has 1 aliphatic rings. The highest BCUT2D eigenvalue weighted by Gasteiger charge is 2.19. The second-order valence-electron chi connectivity index (χ2n) is 6.10. The second kappa shape index (κ2) is 8.07. The molecule has 23 heavy (non-hydrogen) atoms. The number of aromatic amines is 2. The van der Waals surface area contributed by atoms with Crippen LogP contribution < -0.4 is 16.6 Å². The number of H-pyrrole nitrogens is 2.